The minimum absolute atomic E-state index is 0.182. The summed E-state index contributed by atoms with van der Waals surface area (Å²) in [5.41, 5.74) is 3.94. The largest absolute Gasteiger partial charge is 0.480 e. The lowest BCUT2D eigenvalue weighted by Crippen LogP contribution is -2.45. The molecule has 0 saturated carbocycles. The SMILES string of the molecule is CC[C@@H](C)[C@H](NC(=O)Cc1c(C)c2c(cc(C)c3c(-c4ccccc4)coc32)oc1=O)C(=O)O. The van der Waals surface area contributed by atoms with Crippen LogP contribution in [0.2, 0.25) is 0 Å². The van der Waals surface area contributed by atoms with Crippen LogP contribution < -0.4 is 10.9 Å². The molecule has 0 fully saturated rings. The summed E-state index contributed by atoms with van der Waals surface area (Å²) < 4.78 is 11.6. The van der Waals surface area contributed by atoms with Crippen LogP contribution in [0.1, 0.15) is 37.0 Å². The minimum Gasteiger partial charge on any atom is -0.480 e. The first-order chi connectivity index (χ1) is 16.2. The van der Waals surface area contributed by atoms with Gasteiger partial charge in [-0.1, -0.05) is 50.6 Å². The number of aliphatic carboxylic acids is 1. The number of fused-ring (bicyclic) bond motifs is 3. The second kappa shape index (κ2) is 9.17. The van der Waals surface area contributed by atoms with Crippen LogP contribution in [0, 0.1) is 19.8 Å². The van der Waals surface area contributed by atoms with Gasteiger partial charge in [-0.15, -0.1) is 0 Å². The van der Waals surface area contributed by atoms with Crippen LogP contribution in [0.15, 0.2) is 56.3 Å². The van der Waals surface area contributed by atoms with E-state index in [0.29, 0.717) is 28.5 Å². The highest BCUT2D eigenvalue weighted by Gasteiger charge is 2.27. The van der Waals surface area contributed by atoms with E-state index < -0.39 is 23.5 Å². The van der Waals surface area contributed by atoms with Gasteiger partial charge in [0.05, 0.1) is 23.6 Å². The van der Waals surface area contributed by atoms with E-state index in [0.717, 1.165) is 22.1 Å². The predicted octanol–water partition coefficient (Wildman–Crippen LogP) is 4.98. The van der Waals surface area contributed by atoms with Crippen molar-refractivity contribution in [3.63, 3.8) is 0 Å². The van der Waals surface area contributed by atoms with Gasteiger partial charge in [-0.2, -0.15) is 0 Å². The summed E-state index contributed by atoms with van der Waals surface area (Å²) in [6, 6.07) is 10.6. The summed E-state index contributed by atoms with van der Waals surface area (Å²) in [4.78, 5) is 37.1. The molecule has 0 unspecified atom stereocenters. The Hall–Kier alpha value is -3.87. The standard InChI is InChI=1S/C27H27NO6/c1-5-14(2)24(26(30)31)28-21(29)12-18-16(4)23-20(34-27(18)32)11-15(3)22-19(13-33-25(22)23)17-9-7-6-8-10-17/h6-11,13-14,24H,5,12H2,1-4H3,(H,28,29)(H,30,31)/t14-,24+/m1/s1. The summed E-state index contributed by atoms with van der Waals surface area (Å²) in [6.45, 7) is 7.30. The van der Waals surface area contributed by atoms with Crippen molar-refractivity contribution < 1.29 is 23.5 Å². The molecule has 1 amide bonds. The Morgan fingerprint density at radius 1 is 1.12 bits per heavy atom. The van der Waals surface area contributed by atoms with Gasteiger partial charge in [0.25, 0.3) is 0 Å². The van der Waals surface area contributed by atoms with E-state index >= 15 is 0 Å². The minimum atomic E-state index is -1.11. The van der Waals surface area contributed by atoms with Crippen LogP contribution in [0.3, 0.4) is 0 Å². The molecule has 0 aliphatic carbocycles. The van der Waals surface area contributed by atoms with E-state index in [1.54, 1.807) is 26.2 Å². The molecule has 34 heavy (non-hydrogen) atoms. The molecule has 0 spiro atoms. The van der Waals surface area contributed by atoms with Crippen molar-refractivity contribution in [2.75, 3.05) is 0 Å². The van der Waals surface area contributed by atoms with E-state index in [-0.39, 0.29) is 17.9 Å². The molecule has 2 atom stereocenters. The molecule has 0 aliphatic heterocycles. The average Bonchev–Trinajstić information content (AvgIpc) is 3.25. The maximum atomic E-state index is 12.8. The quantitative estimate of drug-likeness (QED) is 0.376. The molecule has 0 bridgehead atoms. The van der Waals surface area contributed by atoms with E-state index in [4.69, 9.17) is 8.83 Å². The monoisotopic (exact) mass is 461 g/mol. The van der Waals surface area contributed by atoms with Crippen molar-refractivity contribution in [2.24, 2.45) is 5.92 Å². The Labute approximate surface area is 196 Å². The van der Waals surface area contributed by atoms with Gasteiger partial charge >= 0.3 is 11.6 Å². The Morgan fingerprint density at radius 3 is 2.47 bits per heavy atom. The van der Waals surface area contributed by atoms with Crippen molar-refractivity contribution in [3.8, 4) is 11.1 Å². The fourth-order valence-electron chi connectivity index (χ4n) is 4.39. The number of amides is 1. The van der Waals surface area contributed by atoms with Gasteiger partial charge in [0, 0.05) is 10.9 Å². The highest BCUT2D eigenvalue weighted by atomic mass is 16.4. The summed E-state index contributed by atoms with van der Waals surface area (Å²) >= 11 is 0. The van der Waals surface area contributed by atoms with Crippen molar-refractivity contribution in [1.82, 2.24) is 5.32 Å². The van der Waals surface area contributed by atoms with Gasteiger partial charge in [0.15, 0.2) is 0 Å². The van der Waals surface area contributed by atoms with E-state index in [1.807, 2.05) is 44.2 Å². The molecule has 7 heteroatoms. The molecule has 2 aromatic carbocycles. The lowest BCUT2D eigenvalue weighted by molar-refractivity contribution is -0.143. The topological polar surface area (TPSA) is 110 Å². The Bertz CT molecular complexity index is 1450. The first-order valence-corrected chi connectivity index (χ1v) is 11.3. The summed E-state index contributed by atoms with van der Waals surface area (Å²) in [5, 5.41) is 13.6. The fourth-order valence-corrected chi connectivity index (χ4v) is 4.39. The molecule has 0 aliphatic rings. The molecule has 0 radical (unpaired) electrons. The van der Waals surface area contributed by atoms with Crippen LogP contribution in [-0.4, -0.2) is 23.0 Å². The van der Waals surface area contributed by atoms with Crippen LogP contribution in [0.4, 0.5) is 0 Å². The molecule has 2 heterocycles. The maximum Gasteiger partial charge on any atom is 0.340 e. The number of carboxylic acid groups (broad SMARTS) is 1. The molecular formula is C27H27NO6. The van der Waals surface area contributed by atoms with Crippen molar-refractivity contribution in [3.05, 3.63) is 69.8 Å². The Kier molecular flexibility index (Phi) is 6.28. The molecule has 2 N–H and O–H groups in total. The highest BCUT2D eigenvalue weighted by molar-refractivity contribution is 6.11. The number of aryl methyl sites for hydroxylation is 2. The van der Waals surface area contributed by atoms with E-state index in [2.05, 4.69) is 5.32 Å². The third-order valence-corrected chi connectivity index (χ3v) is 6.50. The molecule has 0 saturated heterocycles. The highest BCUT2D eigenvalue weighted by Crippen LogP contribution is 2.38. The molecule has 7 nitrogen and oxygen atoms in total. The van der Waals surface area contributed by atoms with Crippen LogP contribution in [0.5, 0.6) is 0 Å². The lowest BCUT2D eigenvalue weighted by atomic mass is 9.96. The smallest absolute Gasteiger partial charge is 0.340 e. The number of hydrogen-bond donors (Lipinski definition) is 2. The van der Waals surface area contributed by atoms with Crippen molar-refractivity contribution >= 4 is 33.8 Å². The third kappa shape index (κ3) is 4.09. The van der Waals surface area contributed by atoms with Crippen molar-refractivity contribution in [2.45, 2.75) is 46.6 Å². The number of rotatable bonds is 7. The molecule has 4 aromatic rings. The predicted molar refractivity (Wildman–Crippen MR) is 130 cm³/mol. The van der Waals surface area contributed by atoms with E-state index in [1.165, 1.54) is 0 Å². The van der Waals surface area contributed by atoms with Gasteiger partial charge in [0.2, 0.25) is 5.91 Å². The normalized spacial score (nSPS) is 13.2. The lowest BCUT2D eigenvalue weighted by Gasteiger charge is -2.20. The number of nitrogens with one attached hydrogen (secondary N) is 1. The molecule has 2 aromatic heterocycles. The van der Waals surface area contributed by atoms with Gasteiger partial charge < -0.3 is 19.3 Å². The van der Waals surface area contributed by atoms with Gasteiger partial charge in [-0.3, -0.25) is 4.79 Å². The number of hydrogen-bond acceptors (Lipinski definition) is 5. The first-order valence-electron chi connectivity index (χ1n) is 11.3. The van der Waals surface area contributed by atoms with Crippen molar-refractivity contribution in [1.29, 1.82) is 0 Å². The Morgan fingerprint density at radius 2 is 1.82 bits per heavy atom. The number of carbonyl (C=O) groups is 2. The van der Waals surface area contributed by atoms with Crippen LogP contribution in [-0.2, 0) is 16.0 Å². The maximum absolute atomic E-state index is 12.8. The van der Waals surface area contributed by atoms with Gasteiger partial charge in [-0.25, -0.2) is 9.59 Å². The van der Waals surface area contributed by atoms with E-state index in [9.17, 15) is 19.5 Å². The molecule has 4 rings (SSSR count). The molecule has 176 valence electrons. The van der Waals surface area contributed by atoms with Gasteiger partial charge in [-0.05, 0) is 42.5 Å². The number of carbonyl (C=O) groups excluding carboxylic acids is 1. The Balaban J connectivity index is 1.80. The second-order valence-corrected chi connectivity index (χ2v) is 8.72. The number of furan rings is 1. The fraction of sp³-hybridized carbons (Fsp3) is 0.296. The molecular weight excluding hydrogens is 434 g/mol. The van der Waals surface area contributed by atoms with Crippen LogP contribution >= 0.6 is 0 Å². The van der Waals surface area contributed by atoms with Crippen LogP contribution in [0.25, 0.3) is 33.1 Å². The number of carboxylic acids is 1. The summed E-state index contributed by atoms with van der Waals surface area (Å²) in [5.74, 6) is -1.90. The number of benzene rings is 2. The summed E-state index contributed by atoms with van der Waals surface area (Å²) in [6.07, 6.45) is 1.99. The zero-order valence-electron chi connectivity index (χ0n) is 19.6. The zero-order valence-corrected chi connectivity index (χ0v) is 19.6. The average molecular weight is 462 g/mol. The first kappa shape index (κ1) is 23.3. The summed E-state index contributed by atoms with van der Waals surface area (Å²) in [7, 11) is 0. The third-order valence-electron chi connectivity index (χ3n) is 6.50. The second-order valence-electron chi connectivity index (χ2n) is 8.72. The zero-order chi connectivity index (χ0) is 24.6. The van der Waals surface area contributed by atoms with Gasteiger partial charge in [0.1, 0.15) is 17.2 Å².